The highest BCUT2D eigenvalue weighted by Crippen LogP contribution is 2.31. The fourth-order valence-electron chi connectivity index (χ4n) is 3.49. The van der Waals surface area contributed by atoms with Gasteiger partial charge in [-0.1, -0.05) is 54.6 Å². The highest BCUT2D eigenvalue weighted by molar-refractivity contribution is 5.41. The Labute approximate surface area is 166 Å². The number of anilines is 1. The molecule has 3 aromatic carbocycles. The zero-order valence-electron chi connectivity index (χ0n) is 16.0. The van der Waals surface area contributed by atoms with Crippen LogP contribution in [-0.4, -0.2) is 30.7 Å². The van der Waals surface area contributed by atoms with Crippen molar-refractivity contribution in [2.24, 2.45) is 0 Å². The highest BCUT2D eigenvalue weighted by Gasteiger charge is 2.23. The van der Waals surface area contributed by atoms with Crippen LogP contribution in [0.4, 0.5) is 5.69 Å². The lowest BCUT2D eigenvalue weighted by Crippen LogP contribution is -2.41. The lowest BCUT2D eigenvalue weighted by molar-refractivity contribution is 0.0567. The van der Waals surface area contributed by atoms with Crippen molar-refractivity contribution >= 4 is 5.69 Å². The average molecular weight is 374 g/mol. The summed E-state index contributed by atoms with van der Waals surface area (Å²) in [6.07, 6.45) is 0.988. The maximum absolute atomic E-state index is 6.18. The molecule has 4 nitrogen and oxygen atoms in total. The van der Waals surface area contributed by atoms with Crippen LogP contribution in [0.15, 0.2) is 78.9 Å². The minimum absolute atomic E-state index is 0.0185. The first-order valence-electron chi connectivity index (χ1n) is 9.75. The lowest BCUT2D eigenvalue weighted by atomic mass is 10.1. The van der Waals surface area contributed by atoms with Crippen LogP contribution in [0.3, 0.4) is 0 Å². The van der Waals surface area contributed by atoms with Gasteiger partial charge in [0.15, 0.2) is 11.5 Å². The van der Waals surface area contributed by atoms with E-state index in [0.717, 1.165) is 43.2 Å². The van der Waals surface area contributed by atoms with Gasteiger partial charge in [-0.2, -0.15) is 0 Å². The van der Waals surface area contributed by atoms with Crippen molar-refractivity contribution < 1.29 is 9.47 Å². The van der Waals surface area contributed by atoms with Crippen LogP contribution < -0.4 is 15.2 Å². The largest absolute Gasteiger partial charge is 0.486 e. The van der Waals surface area contributed by atoms with Crippen molar-refractivity contribution in [3.05, 3.63) is 90.0 Å². The predicted molar refractivity (Wildman–Crippen MR) is 113 cm³/mol. The molecule has 1 aliphatic rings. The molecule has 0 amide bonds. The molecule has 0 saturated carbocycles. The average Bonchev–Trinajstić information content (AvgIpc) is 2.74. The third-order valence-electron chi connectivity index (χ3n) is 4.97. The molecule has 1 atom stereocenters. The van der Waals surface area contributed by atoms with Gasteiger partial charge in [-0.15, -0.1) is 0 Å². The van der Waals surface area contributed by atoms with Gasteiger partial charge >= 0.3 is 0 Å². The predicted octanol–water partition coefficient (Wildman–Crippen LogP) is 4.15. The first-order valence-corrected chi connectivity index (χ1v) is 9.75. The molecule has 1 aliphatic heterocycles. The Bertz CT molecular complexity index is 881. The zero-order chi connectivity index (χ0) is 19.2. The van der Waals surface area contributed by atoms with E-state index < -0.39 is 0 Å². The fraction of sp³-hybridized carbons (Fsp3) is 0.250. The van der Waals surface area contributed by atoms with E-state index in [-0.39, 0.29) is 6.10 Å². The van der Waals surface area contributed by atoms with E-state index in [4.69, 9.17) is 15.2 Å². The summed E-state index contributed by atoms with van der Waals surface area (Å²) in [5, 5.41) is 0. The van der Waals surface area contributed by atoms with Gasteiger partial charge in [0.2, 0.25) is 0 Å². The van der Waals surface area contributed by atoms with Gasteiger partial charge in [0.05, 0.1) is 0 Å². The molecule has 1 heterocycles. The molecule has 0 radical (unpaired) electrons. The maximum Gasteiger partial charge on any atom is 0.161 e. The molecule has 3 aromatic rings. The van der Waals surface area contributed by atoms with Crippen LogP contribution in [0, 0.1) is 0 Å². The van der Waals surface area contributed by atoms with Crippen molar-refractivity contribution in [2.45, 2.75) is 19.1 Å². The molecule has 0 aliphatic carbocycles. The molecular weight excluding hydrogens is 348 g/mol. The Morgan fingerprint density at radius 1 is 0.821 bits per heavy atom. The number of fused-ring (bicyclic) bond motifs is 1. The molecular formula is C24H26N2O2. The second-order valence-corrected chi connectivity index (χ2v) is 7.21. The Morgan fingerprint density at radius 3 is 2.32 bits per heavy atom. The summed E-state index contributed by atoms with van der Waals surface area (Å²) in [7, 11) is 0. The fourth-order valence-corrected chi connectivity index (χ4v) is 3.49. The van der Waals surface area contributed by atoms with Crippen LogP contribution in [0.25, 0.3) is 0 Å². The lowest BCUT2D eigenvalue weighted by Gasteiger charge is -2.31. The van der Waals surface area contributed by atoms with Gasteiger partial charge in [0.1, 0.15) is 12.7 Å². The Morgan fingerprint density at radius 2 is 1.54 bits per heavy atom. The summed E-state index contributed by atoms with van der Waals surface area (Å²) in [5.41, 5.74) is 9.20. The van der Waals surface area contributed by atoms with Crippen LogP contribution in [0.2, 0.25) is 0 Å². The summed E-state index contributed by atoms with van der Waals surface area (Å²) in [6.45, 7) is 3.22. The molecule has 0 aromatic heterocycles. The number of nitrogens with two attached hydrogens (primary N) is 1. The van der Waals surface area contributed by atoms with Gasteiger partial charge in [-0.3, -0.25) is 4.90 Å². The number of rotatable bonds is 7. The molecule has 4 heteroatoms. The third-order valence-corrected chi connectivity index (χ3v) is 4.97. The quantitative estimate of drug-likeness (QED) is 0.631. The molecule has 0 spiro atoms. The summed E-state index contributed by atoms with van der Waals surface area (Å²) < 4.78 is 12.1. The van der Waals surface area contributed by atoms with Crippen LogP contribution in [-0.2, 0) is 13.0 Å². The minimum atomic E-state index is 0.0185. The van der Waals surface area contributed by atoms with Gasteiger partial charge < -0.3 is 15.2 Å². The van der Waals surface area contributed by atoms with Gasteiger partial charge in [0.25, 0.3) is 0 Å². The smallest absolute Gasteiger partial charge is 0.161 e. The molecule has 28 heavy (non-hydrogen) atoms. The third kappa shape index (κ3) is 4.84. The van der Waals surface area contributed by atoms with Gasteiger partial charge in [-0.05, 0) is 41.8 Å². The van der Waals surface area contributed by atoms with E-state index >= 15 is 0 Å². The van der Waals surface area contributed by atoms with E-state index in [1.54, 1.807) is 0 Å². The van der Waals surface area contributed by atoms with E-state index in [1.807, 2.05) is 36.4 Å². The number of hydrogen-bond donors (Lipinski definition) is 1. The normalized spacial score (nSPS) is 15.5. The molecule has 4 rings (SSSR count). The Balaban J connectivity index is 1.42. The summed E-state index contributed by atoms with van der Waals surface area (Å²) >= 11 is 0. The van der Waals surface area contributed by atoms with E-state index in [9.17, 15) is 0 Å². The van der Waals surface area contributed by atoms with E-state index in [2.05, 4.69) is 47.4 Å². The molecule has 0 fully saturated rings. The summed E-state index contributed by atoms with van der Waals surface area (Å²) in [4.78, 5) is 2.44. The first kappa shape index (κ1) is 18.4. The topological polar surface area (TPSA) is 47.7 Å². The summed E-state index contributed by atoms with van der Waals surface area (Å²) in [5.74, 6) is 1.66. The molecule has 0 bridgehead atoms. The van der Waals surface area contributed by atoms with Crippen LogP contribution in [0.1, 0.15) is 11.1 Å². The maximum atomic E-state index is 6.18. The van der Waals surface area contributed by atoms with Crippen LogP contribution >= 0.6 is 0 Å². The number of ether oxygens (including phenoxy) is 2. The zero-order valence-corrected chi connectivity index (χ0v) is 16.0. The SMILES string of the molecule is Nc1ccc(CCN(Cc2ccccc2)CC2COc3ccccc3O2)cc1. The standard InChI is InChI=1S/C24H26N2O2/c25-21-12-10-19(11-13-21)14-15-26(16-20-6-2-1-3-7-20)17-22-18-27-23-8-4-5-9-24(23)28-22/h1-13,22H,14-18,25H2. The van der Waals surface area contributed by atoms with Gasteiger partial charge in [-0.25, -0.2) is 0 Å². The van der Waals surface area contributed by atoms with Crippen molar-refractivity contribution in [1.29, 1.82) is 0 Å². The number of nitrogens with zero attached hydrogens (tertiary/aromatic N) is 1. The van der Waals surface area contributed by atoms with E-state index in [0.29, 0.717) is 6.61 Å². The second-order valence-electron chi connectivity index (χ2n) is 7.21. The Hall–Kier alpha value is -2.98. The van der Waals surface area contributed by atoms with Crippen molar-refractivity contribution in [2.75, 3.05) is 25.4 Å². The number of nitrogen functional groups attached to an aromatic ring is 1. The first-order chi connectivity index (χ1) is 13.8. The Kier molecular flexibility index (Phi) is 5.78. The highest BCUT2D eigenvalue weighted by atomic mass is 16.6. The van der Waals surface area contributed by atoms with Crippen molar-refractivity contribution in [3.63, 3.8) is 0 Å². The second kappa shape index (κ2) is 8.81. The number of para-hydroxylation sites is 2. The monoisotopic (exact) mass is 374 g/mol. The molecule has 0 saturated heterocycles. The minimum Gasteiger partial charge on any atom is -0.486 e. The van der Waals surface area contributed by atoms with Gasteiger partial charge in [0, 0.05) is 25.3 Å². The molecule has 2 N–H and O–H groups in total. The van der Waals surface area contributed by atoms with E-state index in [1.165, 1.54) is 11.1 Å². The van der Waals surface area contributed by atoms with Crippen molar-refractivity contribution in [1.82, 2.24) is 4.90 Å². The molecule has 144 valence electrons. The van der Waals surface area contributed by atoms with Crippen molar-refractivity contribution in [3.8, 4) is 11.5 Å². The molecule has 1 unspecified atom stereocenters. The summed E-state index contributed by atoms with van der Waals surface area (Å²) in [6, 6.07) is 26.6. The number of benzene rings is 3. The number of hydrogen-bond acceptors (Lipinski definition) is 4. The van der Waals surface area contributed by atoms with Crippen LogP contribution in [0.5, 0.6) is 11.5 Å².